The largest absolute Gasteiger partial charge is 0.494 e. The van der Waals surface area contributed by atoms with Gasteiger partial charge in [0.2, 0.25) is 0 Å². The number of benzene rings is 2. The van der Waals surface area contributed by atoms with Crippen molar-refractivity contribution in [3.05, 3.63) is 59.2 Å². The lowest BCUT2D eigenvalue weighted by Crippen LogP contribution is -2.30. The van der Waals surface area contributed by atoms with Crippen LogP contribution >= 0.6 is 0 Å². The zero-order valence-electron chi connectivity index (χ0n) is 16.7. The first-order valence-corrected chi connectivity index (χ1v) is 11.3. The van der Waals surface area contributed by atoms with Crippen molar-refractivity contribution in [2.45, 2.75) is 13.8 Å². The Morgan fingerprint density at radius 2 is 1.67 bits per heavy atom. The van der Waals surface area contributed by atoms with Gasteiger partial charge in [0.05, 0.1) is 29.2 Å². The fourth-order valence-corrected chi connectivity index (χ4v) is 3.74. The Balaban J connectivity index is 1.77. The normalized spacial score (nSPS) is 13.3. The Morgan fingerprint density at radius 1 is 1.00 bits per heavy atom. The van der Waals surface area contributed by atoms with Crippen molar-refractivity contribution in [1.82, 2.24) is 5.32 Å². The molecule has 0 atom stereocenters. The SMILES string of the molecule is CCOc1ccc(N2C(=O)c3ccc(C(=O)NCCS(=O)(=O)CC)cc3C2=O)cc1. The van der Waals surface area contributed by atoms with Crippen molar-refractivity contribution in [3.8, 4) is 5.75 Å². The lowest BCUT2D eigenvalue weighted by Gasteiger charge is -2.14. The maximum atomic E-state index is 12.8. The summed E-state index contributed by atoms with van der Waals surface area (Å²) in [5.41, 5.74) is 0.916. The number of ether oxygens (including phenoxy) is 1. The van der Waals surface area contributed by atoms with Gasteiger partial charge in [-0.05, 0) is 49.4 Å². The third kappa shape index (κ3) is 4.35. The molecule has 9 heteroatoms. The minimum absolute atomic E-state index is 0.000285. The highest BCUT2D eigenvalue weighted by Gasteiger charge is 2.37. The van der Waals surface area contributed by atoms with Crippen LogP contribution in [-0.2, 0) is 9.84 Å². The number of hydrogen-bond acceptors (Lipinski definition) is 6. The molecule has 0 aliphatic carbocycles. The van der Waals surface area contributed by atoms with Crippen molar-refractivity contribution in [2.75, 3.05) is 29.6 Å². The number of hydrogen-bond donors (Lipinski definition) is 1. The van der Waals surface area contributed by atoms with E-state index in [4.69, 9.17) is 4.74 Å². The van der Waals surface area contributed by atoms with E-state index in [1.54, 1.807) is 24.3 Å². The van der Waals surface area contributed by atoms with Gasteiger partial charge in [0.1, 0.15) is 5.75 Å². The minimum Gasteiger partial charge on any atom is -0.494 e. The van der Waals surface area contributed by atoms with Gasteiger partial charge >= 0.3 is 0 Å². The molecule has 0 aromatic heterocycles. The van der Waals surface area contributed by atoms with E-state index in [1.807, 2.05) is 6.92 Å². The summed E-state index contributed by atoms with van der Waals surface area (Å²) < 4.78 is 28.4. The van der Waals surface area contributed by atoms with Gasteiger partial charge in [-0.3, -0.25) is 14.4 Å². The zero-order chi connectivity index (χ0) is 21.9. The van der Waals surface area contributed by atoms with E-state index >= 15 is 0 Å². The standard InChI is InChI=1S/C21H22N2O6S/c1-3-29-16-8-6-15(7-9-16)23-20(25)17-10-5-14(13-18(17)21(23)26)19(24)22-11-12-30(27,28)4-2/h5-10,13H,3-4,11-12H2,1-2H3,(H,22,24). The molecule has 1 N–H and O–H groups in total. The molecule has 0 saturated heterocycles. The molecule has 1 heterocycles. The van der Waals surface area contributed by atoms with Gasteiger partial charge in [-0.2, -0.15) is 0 Å². The fourth-order valence-electron chi connectivity index (χ4n) is 3.04. The van der Waals surface area contributed by atoms with Crippen molar-refractivity contribution in [1.29, 1.82) is 0 Å². The van der Waals surface area contributed by atoms with E-state index in [2.05, 4.69) is 5.32 Å². The van der Waals surface area contributed by atoms with Crippen LogP contribution in [0, 0.1) is 0 Å². The summed E-state index contributed by atoms with van der Waals surface area (Å²) in [6.45, 7) is 3.86. The van der Waals surface area contributed by atoms with Crippen molar-refractivity contribution in [2.24, 2.45) is 0 Å². The lowest BCUT2D eigenvalue weighted by molar-refractivity contribution is 0.0923. The summed E-state index contributed by atoms with van der Waals surface area (Å²) in [5.74, 6) is -1.05. The van der Waals surface area contributed by atoms with E-state index in [9.17, 15) is 22.8 Å². The van der Waals surface area contributed by atoms with Crippen LogP contribution in [0.3, 0.4) is 0 Å². The van der Waals surface area contributed by atoms with Gasteiger partial charge in [-0.25, -0.2) is 13.3 Å². The molecule has 0 radical (unpaired) electrons. The van der Waals surface area contributed by atoms with Gasteiger partial charge in [-0.1, -0.05) is 6.92 Å². The third-order valence-electron chi connectivity index (χ3n) is 4.69. The van der Waals surface area contributed by atoms with Gasteiger partial charge in [0.15, 0.2) is 9.84 Å². The number of nitrogens with one attached hydrogen (secondary N) is 1. The highest BCUT2D eigenvalue weighted by Crippen LogP contribution is 2.30. The summed E-state index contributed by atoms with van der Waals surface area (Å²) in [7, 11) is -3.20. The number of carbonyl (C=O) groups excluding carboxylic acids is 3. The average molecular weight is 430 g/mol. The smallest absolute Gasteiger partial charge is 0.266 e. The third-order valence-corrected chi connectivity index (χ3v) is 6.40. The second kappa shape index (κ2) is 8.66. The maximum absolute atomic E-state index is 12.8. The highest BCUT2D eigenvalue weighted by atomic mass is 32.2. The summed E-state index contributed by atoms with van der Waals surface area (Å²) in [6, 6.07) is 10.8. The predicted molar refractivity (Wildman–Crippen MR) is 112 cm³/mol. The first-order valence-electron chi connectivity index (χ1n) is 9.51. The van der Waals surface area contributed by atoms with Gasteiger partial charge in [0, 0.05) is 17.9 Å². The van der Waals surface area contributed by atoms with Crippen LogP contribution in [0.5, 0.6) is 5.75 Å². The highest BCUT2D eigenvalue weighted by molar-refractivity contribution is 7.91. The van der Waals surface area contributed by atoms with E-state index in [-0.39, 0.29) is 34.7 Å². The molecule has 0 unspecified atom stereocenters. The zero-order valence-corrected chi connectivity index (χ0v) is 17.5. The van der Waals surface area contributed by atoms with Gasteiger partial charge in [-0.15, -0.1) is 0 Å². The number of rotatable bonds is 8. The Labute approximate surface area is 174 Å². The van der Waals surface area contributed by atoms with Crippen molar-refractivity contribution < 1.29 is 27.5 Å². The van der Waals surface area contributed by atoms with Crippen LogP contribution in [-0.4, -0.2) is 50.8 Å². The van der Waals surface area contributed by atoms with E-state index in [0.717, 1.165) is 4.90 Å². The summed E-state index contributed by atoms with van der Waals surface area (Å²) in [4.78, 5) is 38.9. The van der Waals surface area contributed by atoms with Crippen LogP contribution in [0.2, 0.25) is 0 Å². The molecule has 3 amide bonds. The summed E-state index contributed by atoms with van der Waals surface area (Å²) in [5, 5.41) is 2.53. The minimum atomic E-state index is -3.20. The number of sulfone groups is 1. The monoisotopic (exact) mass is 430 g/mol. The van der Waals surface area contributed by atoms with Crippen LogP contribution < -0.4 is 15.0 Å². The molecule has 2 aromatic carbocycles. The van der Waals surface area contributed by atoms with E-state index in [1.165, 1.54) is 25.1 Å². The molecule has 8 nitrogen and oxygen atoms in total. The first-order chi connectivity index (χ1) is 14.3. The number of imide groups is 1. The van der Waals surface area contributed by atoms with Crippen molar-refractivity contribution in [3.63, 3.8) is 0 Å². The van der Waals surface area contributed by atoms with E-state index < -0.39 is 27.6 Å². The molecular weight excluding hydrogens is 408 g/mol. The average Bonchev–Trinajstić information content (AvgIpc) is 2.98. The molecule has 0 fully saturated rings. The Kier molecular flexibility index (Phi) is 6.21. The lowest BCUT2D eigenvalue weighted by atomic mass is 10.1. The molecule has 0 bridgehead atoms. The molecule has 1 aliphatic rings. The number of amides is 3. The molecule has 30 heavy (non-hydrogen) atoms. The number of nitrogens with zero attached hydrogens (tertiary/aromatic N) is 1. The fraction of sp³-hybridized carbons (Fsp3) is 0.286. The maximum Gasteiger partial charge on any atom is 0.266 e. The van der Waals surface area contributed by atoms with Crippen molar-refractivity contribution >= 4 is 33.2 Å². The van der Waals surface area contributed by atoms with Gasteiger partial charge in [0.25, 0.3) is 17.7 Å². The molecular formula is C21H22N2O6S. The predicted octanol–water partition coefficient (Wildman–Crippen LogP) is 2.05. The number of anilines is 1. The summed E-state index contributed by atoms with van der Waals surface area (Å²) >= 11 is 0. The van der Waals surface area contributed by atoms with Crippen LogP contribution in [0.15, 0.2) is 42.5 Å². The molecule has 158 valence electrons. The molecule has 3 rings (SSSR count). The van der Waals surface area contributed by atoms with E-state index in [0.29, 0.717) is 18.0 Å². The second-order valence-corrected chi connectivity index (χ2v) is 9.10. The Morgan fingerprint density at radius 3 is 2.30 bits per heavy atom. The number of carbonyl (C=O) groups is 3. The summed E-state index contributed by atoms with van der Waals surface area (Å²) in [6.07, 6.45) is 0. The first kappa shape index (κ1) is 21.5. The second-order valence-electron chi connectivity index (χ2n) is 6.63. The Hall–Kier alpha value is -3.20. The molecule has 0 saturated carbocycles. The topological polar surface area (TPSA) is 110 Å². The quantitative estimate of drug-likeness (QED) is 0.642. The number of fused-ring (bicyclic) bond motifs is 1. The molecule has 1 aliphatic heterocycles. The molecule has 2 aromatic rings. The Bertz CT molecular complexity index is 1090. The molecule has 0 spiro atoms. The van der Waals surface area contributed by atoms with Gasteiger partial charge < -0.3 is 10.1 Å². The van der Waals surface area contributed by atoms with Crippen LogP contribution in [0.25, 0.3) is 0 Å². The van der Waals surface area contributed by atoms with Crippen LogP contribution in [0.1, 0.15) is 44.9 Å². The van der Waals surface area contributed by atoms with Crippen LogP contribution in [0.4, 0.5) is 5.69 Å².